The zero-order valence-electron chi connectivity index (χ0n) is 12.9. The molecule has 0 aliphatic carbocycles. The molecule has 0 aliphatic heterocycles. The SMILES string of the molecule is CCNC(Cc1ccc(F)cc1)Cc1ccc(CC)cc1. The molecule has 1 unspecified atom stereocenters. The quantitative estimate of drug-likeness (QED) is 0.806. The van der Waals surface area contributed by atoms with Gasteiger partial charge in [-0.1, -0.05) is 50.2 Å². The highest BCUT2D eigenvalue weighted by Crippen LogP contribution is 2.12. The van der Waals surface area contributed by atoms with Crippen LogP contribution in [0, 0.1) is 5.82 Å². The Morgan fingerprint density at radius 1 is 0.810 bits per heavy atom. The van der Waals surface area contributed by atoms with Gasteiger partial charge in [0.1, 0.15) is 5.82 Å². The van der Waals surface area contributed by atoms with Gasteiger partial charge in [-0.2, -0.15) is 0 Å². The van der Waals surface area contributed by atoms with E-state index in [1.807, 2.05) is 12.1 Å². The molecule has 0 bridgehead atoms. The number of benzene rings is 2. The minimum absolute atomic E-state index is 0.172. The molecular formula is C19H24FN. The van der Waals surface area contributed by atoms with E-state index in [9.17, 15) is 4.39 Å². The van der Waals surface area contributed by atoms with E-state index in [1.54, 1.807) is 0 Å². The molecule has 1 nitrogen and oxygen atoms in total. The fourth-order valence-corrected chi connectivity index (χ4v) is 2.61. The van der Waals surface area contributed by atoms with Crippen LogP contribution < -0.4 is 5.32 Å². The van der Waals surface area contributed by atoms with Gasteiger partial charge in [0.25, 0.3) is 0 Å². The molecule has 0 amide bonds. The molecule has 2 heteroatoms. The first kappa shape index (κ1) is 15.7. The Morgan fingerprint density at radius 2 is 1.29 bits per heavy atom. The first-order valence-corrected chi connectivity index (χ1v) is 7.77. The van der Waals surface area contributed by atoms with E-state index >= 15 is 0 Å². The molecule has 0 aromatic heterocycles. The van der Waals surface area contributed by atoms with Crippen LogP contribution in [0.5, 0.6) is 0 Å². The Labute approximate surface area is 127 Å². The summed E-state index contributed by atoms with van der Waals surface area (Å²) in [5.74, 6) is -0.172. The van der Waals surface area contributed by atoms with Gasteiger partial charge in [-0.3, -0.25) is 0 Å². The molecule has 0 saturated carbocycles. The molecule has 0 spiro atoms. The van der Waals surface area contributed by atoms with Crippen LogP contribution in [0.4, 0.5) is 4.39 Å². The second-order valence-corrected chi connectivity index (χ2v) is 5.46. The van der Waals surface area contributed by atoms with E-state index in [4.69, 9.17) is 0 Å². The average molecular weight is 285 g/mol. The predicted octanol–water partition coefficient (Wildman–Crippen LogP) is 4.15. The molecule has 1 atom stereocenters. The number of nitrogens with one attached hydrogen (secondary N) is 1. The van der Waals surface area contributed by atoms with Gasteiger partial charge in [-0.15, -0.1) is 0 Å². The smallest absolute Gasteiger partial charge is 0.123 e. The summed E-state index contributed by atoms with van der Waals surface area (Å²) < 4.78 is 13.0. The van der Waals surface area contributed by atoms with Crippen molar-refractivity contribution in [3.63, 3.8) is 0 Å². The summed E-state index contributed by atoms with van der Waals surface area (Å²) in [4.78, 5) is 0. The second-order valence-electron chi connectivity index (χ2n) is 5.46. The van der Waals surface area contributed by atoms with Gasteiger partial charge in [0.2, 0.25) is 0 Å². The summed E-state index contributed by atoms with van der Waals surface area (Å²) >= 11 is 0. The van der Waals surface area contributed by atoms with E-state index in [0.717, 1.165) is 25.8 Å². The summed E-state index contributed by atoms with van der Waals surface area (Å²) in [6.45, 7) is 5.24. The van der Waals surface area contributed by atoms with Gasteiger partial charge in [0.15, 0.2) is 0 Å². The van der Waals surface area contributed by atoms with E-state index in [2.05, 4.69) is 43.4 Å². The Bertz CT molecular complexity index is 530. The number of rotatable bonds is 7. The Morgan fingerprint density at radius 3 is 1.76 bits per heavy atom. The standard InChI is InChI=1S/C19H24FN/c1-3-15-5-7-16(8-6-15)13-19(21-4-2)14-17-9-11-18(20)12-10-17/h5-12,19,21H,3-4,13-14H2,1-2H3. The second kappa shape index (κ2) is 7.94. The third-order valence-corrected chi connectivity index (χ3v) is 3.80. The van der Waals surface area contributed by atoms with Gasteiger partial charge in [0.05, 0.1) is 0 Å². The molecule has 21 heavy (non-hydrogen) atoms. The number of aryl methyl sites for hydroxylation is 1. The molecule has 1 N–H and O–H groups in total. The maximum absolute atomic E-state index is 13.0. The van der Waals surface area contributed by atoms with Crippen molar-refractivity contribution in [2.24, 2.45) is 0 Å². The Kier molecular flexibility index (Phi) is 5.94. The molecule has 112 valence electrons. The third kappa shape index (κ3) is 4.98. The van der Waals surface area contributed by atoms with Crippen LogP contribution in [-0.4, -0.2) is 12.6 Å². The summed E-state index contributed by atoms with van der Waals surface area (Å²) in [6, 6.07) is 16.0. The zero-order chi connectivity index (χ0) is 15.1. The first-order valence-electron chi connectivity index (χ1n) is 7.77. The molecule has 2 aromatic rings. The molecule has 0 radical (unpaired) electrons. The lowest BCUT2D eigenvalue weighted by Gasteiger charge is -2.18. The maximum atomic E-state index is 13.0. The van der Waals surface area contributed by atoms with Crippen molar-refractivity contribution in [3.05, 3.63) is 71.0 Å². The third-order valence-electron chi connectivity index (χ3n) is 3.80. The highest BCUT2D eigenvalue weighted by molar-refractivity contribution is 5.24. The number of likely N-dealkylation sites (N-methyl/N-ethyl adjacent to an activating group) is 1. The van der Waals surface area contributed by atoms with E-state index in [-0.39, 0.29) is 5.82 Å². The van der Waals surface area contributed by atoms with Crippen molar-refractivity contribution in [1.29, 1.82) is 0 Å². The van der Waals surface area contributed by atoms with Gasteiger partial charge in [0, 0.05) is 6.04 Å². The van der Waals surface area contributed by atoms with Crippen molar-refractivity contribution < 1.29 is 4.39 Å². The lowest BCUT2D eigenvalue weighted by atomic mass is 9.98. The lowest BCUT2D eigenvalue weighted by molar-refractivity contribution is 0.520. The lowest BCUT2D eigenvalue weighted by Crippen LogP contribution is -2.33. The maximum Gasteiger partial charge on any atom is 0.123 e. The van der Waals surface area contributed by atoms with Crippen LogP contribution >= 0.6 is 0 Å². The average Bonchev–Trinajstić information content (AvgIpc) is 2.50. The number of hydrogen-bond donors (Lipinski definition) is 1. The zero-order valence-corrected chi connectivity index (χ0v) is 12.9. The Hall–Kier alpha value is -1.67. The van der Waals surface area contributed by atoms with Crippen LogP contribution in [0.25, 0.3) is 0 Å². The molecule has 0 fully saturated rings. The van der Waals surface area contributed by atoms with Gasteiger partial charge in [-0.25, -0.2) is 4.39 Å². The van der Waals surface area contributed by atoms with E-state index < -0.39 is 0 Å². The van der Waals surface area contributed by atoms with Crippen molar-refractivity contribution >= 4 is 0 Å². The molecule has 0 heterocycles. The van der Waals surface area contributed by atoms with Crippen molar-refractivity contribution in [2.45, 2.75) is 39.2 Å². The molecule has 0 aliphatic rings. The highest BCUT2D eigenvalue weighted by Gasteiger charge is 2.09. The Balaban J connectivity index is 2.02. The van der Waals surface area contributed by atoms with Crippen LogP contribution in [0.1, 0.15) is 30.5 Å². The molecular weight excluding hydrogens is 261 g/mol. The van der Waals surface area contributed by atoms with Crippen molar-refractivity contribution in [2.75, 3.05) is 6.54 Å². The summed E-state index contributed by atoms with van der Waals surface area (Å²) in [7, 11) is 0. The van der Waals surface area contributed by atoms with E-state index in [0.29, 0.717) is 6.04 Å². The highest BCUT2D eigenvalue weighted by atomic mass is 19.1. The van der Waals surface area contributed by atoms with Crippen LogP contribution in [0.15, 0.2) is 48.5 Å². The number of halogens is 1. The number of hydrogen-bond acceptors (Lipinski definition) is 1. The van der Waals surface area contributed by atoms with Crippen molar-refractivity contribution in [3.8, 4) is 0 Å². The fraction of sp³-hybridized carbons (Fsp3) is 0.368. The summed E-state index contributed by atoms with van der Waals surface area (Å²) in [5, 5.41) is 3.53. The topological polar surface area (TPSA) is 12.0 Å². The summed E-state index contributed by atoms with van der Waals surface area (Å²) in [6.07, 6.45) is 2.99. The van der Waals surface area contributed by atoms with Crippen molar-refractivity contribution in [1.82, 2.24) is 5.32 Å². The van der Waals surface area contributed by atoms with Crippen LogP contribution in [0.2, 0.25) is 0 Å². The first-order chi connectivity index (χ1) is 10.2. The van der Waals surface area contributed by atoms with Crippen LogP contribution in [0.3, 0.4) is 0 Å². The van der Waals surface area contributed by atoms with E-state index in [1.165, 1.54) is 28.8 Å². The summed E-state index contributed by atoms with van der Waals surface area (Å²) in [5.41, 5.74) is 3.89. The van der Waals surface area contributed by atoms with Gasteiger partial charge >= 0.3 is 0 Å². The minimum Gasteiger partial charge on any atom is -0.314 e. The normalized spacial score (nSPS) is 12.3. The monoisotopic (exact) mass is 285 g/mol. The molecule has 2 rings (SSSR count). The van der Waals surface area contributed by atoms with Gasteiger partial charge < -0.3 is 5.32 Å². The molecule has 0 saturated heterocycles. The van der Waals surface area contributed by atoms with Gasteiger partial charge in [-0.05, 0) is 54.6 Å². The minimum atomic E-state index is -0.172. The fourth-order valence-electron chi connectivity index (χ4n) is 2.61. The largest absolute Gasteiger partial charge is 0.314 e. The van der Waals surface area contributed by atoms with Crippen LogP contribution in [-0.2, 0) is 19.3 Å². The molecule has 2 aromatic carbocycles. The predicted molar refractivity (Wildman–Crippen MR) is 87.1 cm³/mol.